The molecule has 2 heteroatoms. The van der Waals surface area contributed by atoms with Crippen molar-refractivity contribution in [2.45, 2.75) is 20.8 Å². The van der Waals surface area contributed by atoms with Crippen LogP contribution >= 0.6 is 0 Å². The zero-order valence-corrected chi connectivity index (χ0v) is 6.97. The van der Waals surface area contributed by atoms with Gasteiger partial charge in [0.1, 0.15) is 0 Å². The van der Waals surface area contributed by atoms with Crippen LogP contribution in [0.1, 0.15) is 22.5 Å². The Hall–Kier alpha value is -1.36. The predicted octanol–water partition coefficient (Wildman–Crippen LogP) is 1.88. The molecule has 0 radical (unpaired) electrons. The van der Waals surface area contributed by atoms with Crippen molar-refractivity contribution in [3.8, 4) is 6.07 Å². The van der Waals surface area contributed by atoms with Crippen molar-refractivity contribution in [2.75, 3.05) is 0 Å². The molecule has 2 nitrogen and oxygen atoms in total. The summed E-state index contributed by atoms with van der Waals surface area (Å²) in [6, 6.07) is 3.94. The van der Waals surface area contributed by atoms with E-state index in [4.69, 9.17) is 5.26 Å². The van der Waals surface area contributed by atoms with E-state index in [1.54, 1.807) is 0 Å². The highest BCUT2D eigenvalue weighted by Crippen LogP contribution is 2.10. The average Bonchev–Trinajstić information content (AvgIpc) is 1.96. The lowest BCUT2D eigenvalue weighted by Crippen LogP contribution is -1.93. The zero-order valence-electron chi connectivity index (χ0n) is 6.97. The minimum Gasteiger partial charge on any atom is -0.258 e. The average molecular weight is 146 g/mol. The molecular weight excluding hydrogens is 136 g/mol. The minimum absolute atomic E-state index is 0.731. The molecule has 1 aromatic rings. The normalized spacial score (nSPS) is 9.27. The van der Waals surface area contributed by atoms with E-state index in [-0.39, 0.29) is 0 Å². The van der Waals surface area contributed by atoms with Crippen LogP contribution in [0.2, 0.25) is 0 Å². The summed E-state index contributed by atoms with van der Waals surface area (Å²) in [4.78, 5) is 4.23. The van der Waals surface area contributed by atoms with E-state index in [9.17, 15) is 0 Å². The maximum atomic E-state index is 8.69. The smallest absolute Gasteiger partial charge is 0.0995 e. The summed E-state index contributed by atoms with van der Waals surface area (Å²) in [5.74, 6) is 0. The van der Waals surface area contributed by atoms with Crippen LogP contribution < -0.4 is 0 Å². The second-order valence-corrected chi connectivity index (χ2v) is 2.63. The fourth-order valence-electron chi connectivity index (χ4n) is 1.01. The lowest BCUT2D eigenvalue weighted by molar-refractivity contribution is 1.08. The van der Waals surface area contributed by atoms with Gasteiger partial charge in [-0.05, 0) is 32.4 Å². The molecule has 1 heterocycles. The Balaban J connectivity index is 3.39. The number of hydrogen-bond acceptors (Lipinski definition) is 2. The molecule has 0 amide bonds. The summed E-state index contributed by atoms with van der Waals surface area (Å²) in [5.41, 5.74) is 3.57. The second-order valence-electron chi connectivity index (χ2n) is 2.63. The Morgan fingerprint density at radius 3 is 2.55 bits per heavy atom. The highest BCUT2D eigenvalue weighted by Gasteiger charge is 2.01. The van der Waals surface area contributed by atoms with Crippen LogP contribution in [-0.2, 0) is 0 Å². The van der Waals surface area contributed by atoms with Gasteiger partial charge in [-0.1, -0.05) is 0 Å². The van der Waals surface area contributed by atoms with Crippen LogP contribution in [0.25, 0.3) is 0 Å². The topological polar surface area (TPSA) is 36.7 Å². The van der Waals surface area contributed by atoms with Crippen LogP contribution in [0, 0.1) is 32.1 Å². The highest BCUT2D eigenvalue weighted by atomic mass is 14.7. The number of aryl methyl sites for hydroxylation is 2. The largest absolute Gasteiger partial charge is 0.258 e. The molecule has 0 atom stereocenters. The molecule has 1 rings (SSSR count). The zero-order chi connectivity index (χ0) is 8.43. The first-order valence-corrected chi connectivity index (χ1v) is 3.50. The summed E-state index contributed by atoms with van der Waals surface area (Å²) >= 11 is 0. The van der Waals surface area contributed by atoms with Crippen LogP contribution in [0.4, 0.5) is 0 Å². The van der Waals surface area contributed by atoms with Crippen LogP contribution in [0.15, 0.2) is 6.07 Å². The van der Waals surface area contributed by atoms with E-state index in [2.05, 4.69) is 11.1 Å². The Kier molecular flexibility index (Phi) is 1.91. The molecule has 11 heavy (non-hydrogen) atoms. The third-order valence-corrected chi connectivity index (χ3v) is 1.76. The number of aromatic nitrogens is 1. The van der Waals surface area contributed by atoms with E-state index < -0.39 is 0 Å². The molecule has 0 unspecified atom stereocenters. The molecule has 0 fully saturated rings. The highest BCUT2D eigenvalue weighted by molar-refractivity contribution is 5.39. The summed E-state index contributed by atoms with van der Waals surface area (Å²) in [7, 11) is 0. The Morgan fingerprint density at radius 2 is 2.00 bits per heavy atom. The van der Waals surface area contributed by atoms with Crippen LogP contribution in [0.3, 0.4) is 0 Å². The second kappa shape index (κ2) is 2.71. The van der Waals surface area contributed by atoms with E-state index in [0.717, 1.165) is 22.5 Å². The van der Waals surface area contributed by atoms with E-state index in [1.807, 2.05) is 26.8 Å². The summed E-state index contributed by atoms with van der Waals surface area (Å²) < 4.78 is 0. The van der Waals surface area contributed by atoms with Crippen LogP contribution in [0.5, 0.6) is 0 Å². The Labute approximate surface area is 66.5 Å². The molecule has 0 saturated carbocycles. The van der Waals surface area contributed by atoms with Crippen molar-refractivity contribution in [2.24, 2.45) is 0 Å². The number of pyridine rings is 1. The maximum absolute atomic E-state index is 8.69. The molecule has 0 aliphatic heterocycles. The molecule has 56 valence electrons. The molecule has 0 bridgehead atoms. The summed E-state index contributed by atoms with van der Waals surface area (Å²) in [6.45, 7) is 5.73. The van der Waals surface area contributed by atoms with E-state index in [0.29, 0.717) is 0 Å². The quantitative estimate of drug-likeness (QED) is 0.560. The van der Waals surface area contributed by atoms with Crippen LogP contribution in [-0.4, -0.2) is 4.98 Å². The van der Waals surface area contributed by atoms with Gasteiger partial charge in [0.25, 0.3) is 0 Å². The van der Waals surface area contributed by atoms with Gasteiger partial charge >= 0.3 is 0 Å². The molecular formula is C9H10N2. The molecule has 0 spiro atoms. The van der Waals surface area contributed by atoms with Gasteiger partial charge in [-0.3, -0.25) is 4.98 Å². The molecule has 0 aliphatic carbocycles. The third-order valence-electron chi connectivity index (χ3n) is 1.76. The molecule has 0 aromatic carbocycles. The number of rotatable bonds is 0. The minimum atomic E-state index is 0.731. The van der Waals surface area contributed by atoms with Crippen molar-refractivity contribution in [1.29, 1.82) is 5.26 Å². The first-order chi connectivity index (χ1) is 5.15. The van der Waals surface area contributed by atoms with E-state index >= 15 is 0 Å². The van der Waals surface area contributed by atoms with Crippen molar-refractivity contribution >= 4 is 0 Å². The van der Waals surface area contributed by atoms with Crippen molar-refractivity contribution in [1.82, 2.24) is 4.98 Å². The van der Waals surface area contributed by atoms with Gasteiger partial charge in [-0.2, -0.15) is 5.26 Å². The molecule has 1 aromatic heterocycles. The van der Waals surface area contributed by atoms with Gasteiger partial charge in [-0.15, -0.1) is 0 Å². The lowest BCUT2D eigenvalue weighted by Gasteiger charge is -2.01. The van der Waals surface area contributed by atoms with Crippen molar-refractivity contribution in [3.05, 3.63) is 28.6 Å². The van der Waals surface area contributed by atoms with E-state index in [1.165, 1.54) is 0 Å². The van der Waals surface area contributed by atoms with Gasteiger partial charge in [-0.25, -0.2) is 0 Å². The molecule has 0 aliphatic rings. The Morgan fingerprint density at radius 1 is 1.36 bits per heavy atom. The standard InChI is InChI=1S/C9H10N2/c1-6-4-9(5-10)7(2)8(3)11-6/h4H,1-3H3. The number of nitrogens with zero attached hydrogens (tertiary/aromatic N) is 2. The lowest BCUT2D eigenvalue weighted by atomic mass is 10.1. The third kappa shape index (κ3) is 1.38. The molecule has 0 N–H and O–H groups in total. The number of hydrogen-bond donors (Lipinski definition) is 0. The summed E-state index contributed by atoms with van der Waals surface area (Å²) in [6.07, 6.45) is 0. The SMILES string of the molecule is Cc1cc(C#N)c(C)c(C)n1. The van der Waals surface area contributed by atoms with Gasteiger partial charge < -0.3 is 0 Å². The van der Waals surface area contributed by atoms with Gasteiger partial charge in [0.15, 0.2) is 0 Å². The summed E-state index contributed by atoms with van der Waals surface area (Å²) in [5, 5.41) is 8.69. The van der Waals surface area contributed by atoms with Crippen molar-refractivity contribution in [3.63, 3.8) is 0 Å². The first-order valence-electron chi connectivity index (χ1n) is 3.50. The van der Waals surface area contributed by atoms with Gasteiger partial charge in [0, 0.05) is 11.4 Å². The first kappa shape index (κ1) is 7.74. The monoisotopic (exact) mass is 146 g/mol. The maximum Gasteiger partial charge on any atom is 0.0995 e. The molecule has 0 saturated heterocycles. The van der Waals surface area contributed by atoms with Gasteiger partial charge in [0.05, 0.1) is 11.6 Å². The predicted molar refractivity (Wildman–Crippen MR) is 43.2 cm³/mol. The number of nitriles is 1. The fourth-order valence-corrected chi connectivity index (χ4v) is 1.01. The van der Waals surface area contributed by atoms with Crippen molar-refractivity contribution < 1.29 is 0 Å². The Bertz CT molecular complexity index is 321. The van der Waals surface area contributed by atoms with Gasteiger partial charge in [0.2, 0.25) is 0 Å². The fraction of sp³-hybridized carbons (Fsp3) is 0.333.